The number of aryl methyl sites for hydroxylation is 1. The topological polar surface area (TPSA) is 87.0 Å². The maximum absolute atomic E-state index is 14.8. The van der Waals surface area contributed by atoms with Crippen LogP contribution in [0.4, 0.5) is 20.3 Å². The fourth-order valence-corrected chi connectivity index (χ4v) is 5.78. The number of methoxy groups -OCH3 is 1. The average Bonchev–Trinajstić information content (AvgIpc) is 3.70. The van der Waals surface area contributed by atoms with E-state index in [0.717, 1.165) is 55.0 Å². The van der Waals surface area contributed by atoms with Gasteiger partial charge in [0, 0.05) is 61.1 Å². The molecule has 218 valence electrons. The van der Waals surface area contributed by atoms with Crippen molar-refractivity contribution in [1.82, 2.24) is 29.5 Å². The number of nitrogens with zero attached hydrogens (tertiary/aromatic N) is 5. The van der Waals surface area contributed by atoms with Crippen LogP contribution in [0, 0.1) is 18.6 Å². The summed E-state index contributed by atoms with van der Waals surface area (Å²) in [5.74, 6) is -1.54. The molecule has 0 unspecified atom stereocenters. The minimum Gasteiger partial charge on any atom is -0.494 e. The van der Waals surface area contributed by atoms with Gasteiger partial charge in [0.2, 0.25) is 11.7 Å². The van der Waals surface area contributed by atoms with E-state index < -0.39 is 11.6 Å². The Labute approximate surface area is 242 Å². The molecule has 1 amide bonds. The molecule has 2 aliphatic heterocycles. The summed E-state index contributed by atoms with van der Waals surface area (Å²) in [7, 11) is 1.29. The Morgan fingerprint density at radius 2 is 1.88 bits per heavy atom. The van der Waals surface area contributed by atoms with Crippen LogP contribution < -0.4 is 15.4 Å². The van der Waals surface area contributed by atoms with E-state index >= 15 is 0 Å². The van der Waals surface area contributed by atoms with Gasteiger partial charge in [-0.1, -0.05) is 12.6 Å². The maximum Gasteiger partial charge on any atom is 0.239 e. The molecule has 0 saturated carbocycles. The van der Waals surface area contributed by atoms with E-state index in [9.17, 15) is 13.6 Å². The number of fused-ring (bicyclic) bond motifs is 1. The third kappa shape index (κ3) is 5.04. The molecular weight excluding hydrogens is 540 g/mol. The number of carbonyl (C=O) groups is 1. The number of anilines is 2. The molecule has 2 aromatic heterocycles. The van der Waals surface area contributed by atoms with E-state index in [1.165, 1.54) is 25.4 Å². The van der Waals surface area contributed by atoms with Crippen LogP contribution in [-0.2, 0) is 4.79 Å². The van der Waals surface area contributed by atoms with Gasteiger partial charge in [0.1, 0.15) is 0 Å². The van der Waals surface area contributed by atoms with Crippen molar-refractivity contribution >= 4 is 28.8 Å². The fourth-order valence-electron chi connectivity index (χ4n) is 5.78. The third-order valence-electron chi connectivity index (χ3n) is 8.10. The molecule has 0 spiro atoms. The first-order valence-corrected chi connectivity index (χ1v) is 14.0. The highest BCUT2D eigenvalue weighted by molar-refractivity contribution is 5.82. The molecule has 6 rings (SSSR count). The number of benzene rings is 2. The molecule has 4 aromatic rings. The van der Waals surface area contributed by atoms with Gasteiger partial charge in [-0.3, -0.25) is 9.20 Å². The lowest BCUT2D eigenvalue weighted by Gasteiger charge is -2.38. The van der Waals surface area contributed by atoms with Crippen molar-refractivity contribution in [2.45, 2.75) is 25.8 Å². The SMILES string of the molecule is C=C(c1ccc(Nc2nccn3c(-c4ccc(OC)c(F)c4F)cnc23)cc1C)N1CCN(C(=O)[C@@H]2CCCN2)CC1. The lowest BCUT2D eigenvalue weighted by molar-refractivity contribution is -0.134. The zero-order chi connectivity index (χ0) is 29.4. The Bertz CT molecular complexity index is 1660. The second-order valence-corrected chi connectivity index (χ2v) is 10.6. The number of hydrogen-bond donors (Lipinski definition) is 2. The summed E-state index contributed by atoms with van der Waals surface area (Å²) in [6.07, 6.45) is 6.69. The molecular formula is C31H33F2N7O2. The van der Waals surface area contributed by atoms with Gasteiger partial charge in [0.05, 0.1) is 25.0 Å². The molecule has 2 saturated heterocycles. The smallest absolute Gasteiger partial charge is 0.239 e. The maximum atomic E-state index is 14.8. The average molecular weight is 574 g/mol. The third-order valence-corrected chi connectivity index (χ3v) is 8.10. The first-order chi connectivity index (χ1) is 20.4. The van der Waals surface area contributed by atoms with Crippen molar-refractivity contribution in [1.29, 1.82) is 0 Å². The van der Waals surface area contributed by atoms with Crippen molar-refractivity contribution < 1.29 is 18.3 Å². The van der Waals surface area contributed by atoms with Crippen LogP contribution in [-0.4, -0.2) is 76.0 Å². The molecule has 1 atom stereocenters. The number of piperazine rings is 1. The number of hydrogen-bond acceptors (Lipinski definition) is 7. The molecule has 0 radical (unpaired) electrons. The molecule has 2 aliphatic rings. The van der Waals surface area contributed by atoms with Crippen molar-refractivity contribution in [3.63, 3.8) is 0 Å². The Hall–Kier alpha value is -4.51. The van der Waals surface area contributed by atoms with Gasteiger partial charge in [-0.05, 0) is 56.1 Å². The van der Waals surface area contributed by atoms with Gasteiger partial charge in [-0.25, -0.2) is 14.4 Å². The van der Waals surface area contributed by atoms with Gasteiger partial charge < -0.3 is 25.2 Å². The quantitative estimate of drug-likeness (QED) is 0.334. The summed E-state index contributed by atoms with van der Waals surface area (Å²) in [6, 6.07) is 8.80. The second kappa shape index (κ2) is 11.4. The van der Waals surface area contributed by atoms with Gasteiger partial charge in [0.15, 0.2) is 23.0 Å². The Balaban J connectivity index is 1.16. The Morgan fingerprint density at radius 1 is 1.10 bits per heavy atom. The van der Waals surface area contributed by atoms with Gasteiger partial charge in [-0.15, -0.1) is 0 Å². The molecule has 42 heavy (non-hydrogen) atoms. The lowest BCUT2D eigenvalue weighted by Crippen LogP contribution is -2.52. The van der Waals surface area contributed by atoms with Crippen LogP contribution in [0.25, 0.3) is 22.6 Å². The predicted octanol–water partition coefficient (Wildman–Crippen LogP) is 4.60. The number of nitrogens with one attached hydrogen (secondary N) is 2. The largest absolute Gasteiger partial charge is 0.494 e. The summed E-state index contributed by atoms with van der Waals surface area (Å²) < 4.78 is 35.8. The number of imidazole rings is 1. The number of ether oxygens (including phenoxy) is 1. The van der Waals surface area contributed by atoms with Crippen molar-refractivity contribution in [3.8, 4) is 17.0 Å². The van der Waals surface area contributed by atoms with E-state index in [1.807, 2.05) is 30.0 Å². The Morgan fingerprint density at radius 3 is 2.60 bits per heavy atom. The van der Waals surface area contributed by atoms with Crippen molar-refractivity contribution in [3.05, 3.63) is 78.3 Å². The number of amides is 1. The molecule has 0 aliphatic carbocycles. The summed E-state index contributed by atoms with van der Waals surface area (Å²) in [5.41, 5.74) is 4.71. The first kappa shape index (κ1) is 27.6. The number of carbonyl (C=O) groups excluding carboxylic acids is 1. The van der Waals surface area contributed by atoms with Crippen LogP contribution in [0.2, 0.25) is 0 Å². The van der Waals surface area contributed by atoms with Gasteiger partial charge in [-0.2, -0.15) is 4.39 Å². The summed E-state index contributed by atoms with van der Waals surface area (Å²) in [6.45, 7) is 10.2. The Kier molecular flexibility index (Phi) is 7.51. The second-order valence-electron chi connectivity index (χ2n) is 10.6. The lowest BCUT2D eigenvalue weighted by atomic mass is 10.0. The highest BCUT2D eigenvalue weighted by Crippen LogP contribution is 2.32. The van der Waals surface area contributed by atoms with E-state index in [1.54, 1.807) is 16.8 Å². The van der Waals surface area contributed by atoms with Gasteiger partial charge >= 0.3 is 0 Å². The highest BCUT2D eigenvalue weighted by atomic mass is 19.2. The predicted molar refractivity (Wildman–Crippen MR) is 158 cm³/mol. The zero-order valence-electron chi connectivity index (χ0n) is 23.7. The highest BCUT2D eigenvalue weighted by Gasteiger charge is 2.29. The van der Waals surface area contributed by atoms with Crippen LogP contribution >= 0.6 is 0 Å². The molecule has 11 heteroatoms. The fraction of sp³-hybridized carbons (Fsp3) is 0.323. The molecule has 2 aromatic carbocycles. The van der Waals surface area contributed by atoms with Gasteiger partial charge in [0.25, 0.3) is 0 Å². The van der Waals surface area contributed by atoms with E-state index in [-0.39, 0.29) is 23.3 Å². The van der Waals surface area contributed by atoms with Crippen LogP contribution in [0.15, 0.2) is 55.5 Å². The molecule has 2 N–H and O–H groups in total. The van der Waals surface area contributed by atoms with Crippen molar-refractivity contribution in [2.75, 3.05) is 45.2 Å². The number of halogens is 2. The summed E-state index contributed by atoms with van der Waals surface area (Å²) >= 11 is 0. The normalized spacial score (nSPS) is 17.1. The minimum atomic E-state index is -1.05. The molecule has 4 heterocycles. The van der Waals surface area contributed by atoms with E-state index in [0.29, 0.717) is 30.2 Å². The number of aromatic nitrogens is 3. The molecule has 2 fully saturated rings. The zero-order valence-corrected chi connectivity index (χ0v) is 23.7. The molecule has 0 bridgehead atoms. The summed E-state index contributed by atoms with van der Waals surface area (Å²) in [4.78, 5) is 25.8. The standard InChI is InChI=1S/C31H33F2N7O2/c1-19-17-21(6-7-22(19)20(2)38-13-15-39(16-14-38)31(41)24-5-4-10-34-24)37-29-30-36-18-25(40(30)12-11-35-29)23-8-9-26(42-3)28(33)27(23)32/h6-9,11-12,17-18,24,34H,2,4-5,10,13-16H2,1,3H3,(H,35,37)/t24-/m0/s1. The van der Waals surface area contributed by atoms with Crippen LogP contribution in [0.5, 0.6) is 5.75 Å². The van der Waals surface area contributed by atoms with Crippen LogP contribution in [0.3, 0.4) is 0 Å². The molecule has 9 nitrogen and oxygen atoms in total. The first-order valence-electron chi connectivity index (χ1n) is 14.0. The van der Waals surface area contributed by atoms with Crippen LogP contribution in [0.1, 0.15) is 24.0 Å². The van der Waals surface area contributed by atoms with Crippen molar-refractivity contribution in [2.24, 2.45) is 0 Å². The monoisotopic (exact) mass is 573 g/mol. The van der Waals surface area contributed by atoms with E-state index in [4.69, 9.17) is 4.74 Å². The minimum absolute atomic E-state index is 0.0393. The number of rotatable bonds is 7. The summed E-state index contributed by atoms with van der Waals surface area (Å²) in [5, 5.41) is 6.61. The van der Waals surface area contributed by atoms with E-state index in [2.05, 4.69) is 32.1 Å².